The topological polar surface area (TPSA) is 48.5 Å². The van der Waals surface area contributed by atoms with Gasteiger partial charge in [0.15, 0.2) is 0 Å². The molecule has 1 amide bonds. The van der Waals surface area contributed by atoms with Crippen LogP contribution in [-0.2, 0) is 17.9 Å². The number of rotatable bonds is 7. The average Bonchev–Trinajstić information content (AvgIpc) is 2.67. The van der Waals surface area contributed by atoms with E-state index in [-0.39, 0.29) is 5.91 Å². The maximum absolute atomic E-state index is 12.0. The number of piperazine rings is 1. The first-order valence-electron chi connectivity index (χ1n) is 8.94. The fourth-order valence-corrected chi connectivity index (χ4v) is 3.06. The quantitative estimate of drug-likeness (QED) is 0.838. The molecule has 1 aromatic heterocycles. The van der Waals surface area contributed by atoms with Crippen LogP contribution in [-0.4, -0.2) is 53.4 Å². The highest BCUT2D eigenvalue weighted by Crippen LogP contribution is 2.08. The summed E-state index contributed by atoms with van der Waals surface area (Å²) < 4.78 is 0. The predicted molar refractivity (Wildman–Crippen MR) is 98.9 cm³/mol. The van der Waals surface area contributed by atoms with E-state index < -0.39 is 0 Å². The lowest BCUT2D eigenvalue weighted by Crippen LogP contribution is -2.46. The Hall–Kier alpha value is -2.24. The minimum Gasteiger partial charge on any atom is -0.352 e. The van der Waals surface area contributed by atoms with Gasteiger partial charge in [-0.1, -0.05) is 30.3 Å². The SMILES string of the molecule is O=C(CCN1CCN(Cc2ccccc2)CC1)NCc1ccncc1. The van der Waals surface area contributed by atoms with Gasteiger partial charge in [-0.2, -0.15) is 0 Å². The van der Waals surface area contributed by atoms with E-state index in [4.69, 9.17) is 0 Å². The standard InChI is InChI=1S/C20H26N4O/c25-20(22-16-18-6-9-21-10-7-18)8-11-23-12-14-24(15-13-23)17-19-4-2-1-3-5-19/h1-7,9-10H,8,11-17H2,(H,22,25). The van der Waals surface area contributed by atoms with Gasteiger partial charge in [-0.25, -0.2) is 0 Å². The first kappa shape index (κ1) is 17.6. The van der Waals surface area contributed by atoms with Crippen molar-refractivity contribution >= 4 is 5.91 Å². The van der Waals surface area contributed by atoms with Gasteiger partial charge >= 0.3 is 0 Å². The second-order valence-corrected chi connectivity index (χ2v) is 6.49. The molecule has 1 saturated heterocycles. The summed E-state index contributed by atoms with van der Waals surface area (Å²) in [6.07, 6.45) is 4.05. The van der Waals surface area contributed by atoms with Crippen LogP contribution in [0.25, 0.3) is 0 Å². The maximum Gasteiger partial charge on any atom is 0.221 e. The molecule has 132 valence electrons. The summed E-state index contributed by atoms with van der Waals surface area (Å²) in [6.45, 7) is 6.62. The van der Waals surface area contributed by atoms with Crippen molar-refractivity contribution in [2.75, 3.05) is 32.7 Å². The Balaban J connectivity index is 1.31. The number of hydrogen-bond donors (Lipinski definition) is 1. The lowest BCUT2D eigenvalue weighted by molar-refractivity contribution is -0.121. The molecular weight excluding hydrogens is 312 g/mol. The molecule has 1 aliphatic rings. The third-order valence-corrected chi connectivity index (χ3v) is 4.61. The second-order valence-electron chi connectivity index (χ2n) is 6.49. The summed E-state index contributed by atoms with van der Waals surface area (Å²) in [4.78, 5) is 20.8. The van der Waals surface area contributed by atoms with Gasteiger partial charge in [0.1, 0.15) is 0 Å². The van der Waals surface area contributed by atoms with Crippen LogP contribution in [0.4, 0.5) is 0 Å². The van der Waals surface area contributed by atoms with Crippen LogP contribution in [0.2, 0.25) is 0 Å². The van der Waals surface area contributed by atoms with E-state index in [1.54, 1.807) is 12.4 Å². The molecule has 1 N–H and O–H groups in total. The molecule has 1 aliphatic heterocycles. The molecule has 1 fully saturated rings. The van der Waals surface area contributed by atoms with Crippen LogP contribution in [0.15, 0.2) is 54.9 Å². The first-order valence-corrected chi connectivity index (χ1v) is 8.94. The highest BCUT2D eigenvalue weighted by molar-refractivity contribution is 5.76. The monoisotopic (exact) mass is 338 g/mol. The Morgan fingerprint density at radius 1 is 0.920 bits per heavy atom. The van der Waals surface area contributed by atoms with Crippen LogP contribution in [0.1, 0.15) is 17.5 Å². The van der Waals surface area contributed by atoms with Crippen LogP contribution in [0, 0.1) is 0 Å². The fraction of sp³-hybridized carbons (Fsp3) is 0.400. The molecule has 0 unspecified atom stereocenters. The molecule has 2 aromatic rings. The number of carbonyl (C=O) groups is 1. The zero-order valence-electron chi connectivity index (χ0n) is 14.6. The summed E-state index contributed by atoms with van der Waals surface area (Å²) in [5.74, 6) is 0.114. The summed E-state index contributed by atoms with van der Waals surface area (Å²) in [5.41, 5.74) is 2.45. The zero-order valence-corrected chi connectivity index (χ0v) is 14.6. The van der Waals surface area contributed by atoms with Crippen molar-refractivity contribution < 1.29 is 4.79 Å². The molecule has 0 saturated carbocycles. The number of nitrogens with zero attached hydrogens (tertiary/aromatic N) is 3. The average molecular weight is 338 g/mol. The van der Waals surface area contributed by atoms with E-state index in [1.165, 1.54) is 5.56 Å². The summed E-state index contributed by atoms with van der Waals surface area (Å²) in [6, 6.07) is 14.4. The van der Waals surface area contributed by atoms with E-state index in [1.807, 2.05) is 12.1 Å². The van der Waals surface area contributed by atoms with Crippen LogP contribution >= 0.6 is 0 Å². The van der Waals surface area contributed by atoms with E-state index in [2.05, 4.69) is 50.4 Å². The number of carbonyl (C=O) groups excluding carboxylic acids is 1. The number of hydrogen-bond acceptors (Lipinski definition) is 4. The highest BCUT2D eigenvalue weighted by Gasteiger charge is 2.17. The van der Waals surface area contributed by atoms with Gasteiger partial charge in [-0.05, 0) is 23.3 Å². The summed E-state index contributed by atoms with van der Waals surface area (Å²) >= 11 is 0. The summed E-state index contributed by atoms with van der Waals surface area (Å²) in [5, 5.41) is 2.98. The second kappa shape index (κ2) is 9.30. The molecule has 0 aliphatic carbocycles. The maximum atomic E-state index is 12.0. The summed E-state index contributed by atoms with van der Waals surface area (Å²) in [7, 11) is 0. The molecule has 0 atom stereocenters. The molecule has 5 heteroatoms. The Kier molecular flexibility index (Phi) is 6.54. The van der Waals surface area contributed by atoms with E-state index >= 15 is 0 Å². The molecule has 3 rings (SSSR count). The van der Waals surface area contributed by atoms with Crippen molar-refractivity contribution in [1.82, 2.24) is 20.1 Å². The molecule has 2 heterocycles. The Bertz CT molecular complexity index is 639. The Labute approximate surface area is 149 Å². The molecule has 0 bridgehead atoms. The lowest BCUT2D eigenvalue weighted by Gasteiger charge is -2.34. The Morgan fingerprint density at radius 2 is 1.60 bits per heavy atom. The van der Waals surface area contributed by atoms with E-state index in [9.17, 15) is 4.79 Å². The largest absolute Gasteiger partial charge is 0.352 e. The number of aromatic nitrogens is 1. The smallest absolute Gasteiger partial charge is 0.221 e. The Morgan fingerprint density at radius 3 is 2.32 bits per heavy atom. The fourth-order valence-electron chi connectivity index (χ4n) is 3.06. The van der Waals surface area contributed by atoms with Gasteiger partial charge in [-0.3, -0.25) is 14.7 Å². The highest BCUT2D eigenvalue weighted by atomic mass is 16.1. The van der Waals surface area contributed by atoms with Crippen molar-refractivity contribution in [3.8, 4) is 0 Å². The number of benzene rings is 1. The third kappa shape index (κ3) is 5.96. The van der Waals surface area contributed by atoms with Crippen molar-refractivity contribution in [2.24, 2.45) is 0 Å². The van der Waals surface area contributed by atoms with Gasteiger partial charge in [0.2, 0.25) is 5.91 Å². The van der Waals surface area contributed by atoms with Crippen molar-refractivity contribution in [3.63, 3.8) is 0 Å². The zero-order chi connectivity index (χ0) is 17.3. The molecule has 0 radical (unpaired) electrons. The molecular formula is C20H26N4O. The number of amides is 1. The van der Waals surface area contributed by atoms with Crippen molar-refractivity contribution in [1.29, 1.82) is 0 Å². The number of pyridine rings is 1. The normalized spacial score (nSPS) is 15.8. The first-order chi connectivity index (χ1) is 12.3. The number of nitrogens with one attached hydrogen (secondary N) is 1. The molecule has 5 nitrogen and oxygen atoms in total. The van der Waals surface area contributed by atoms with Crippen molar-refractivity contribution in [3.05, 3.63) is 66.0 Å². The molecule has 1 aromatic carbocycles. The van der Waals surface area contributed by atoms with Gasteiger partial charge in [0.25, 0.3) is 0 Å². The molecule has 25 heavy (non-hydrogen) atoms. The van der Waals surface area contributed by atoms with Crippen molar-refractivity contribution in [2.45, 2.75) is 19.5 Å². The van der Waals surface area contributed by atoms with Gasteiger partial charge in [-0.15, -0.1) is 0 Å². The van der Waals surface area contributed by atoms with Crippen LogP contribution in [0.3, 0.4) is 0 Å². The minimum atomic E-state index is 0.114. The van der Waals surface area contributed by atoms with E-state index in [0.717, 1.165) is 44.8 Å². The van der Waals surface area contributed by atoms with Gasteiger partial charge in [0.05, 0.1) is 0 Å². The van der Waals surface area contributed by atoms with Crippen LogP contribution < -0.4 is 5.32 Å². The molecule has 0 spiro atoms. The lowest BCUT2D eigenvalue weighted by atomic mass is 10.2. The minimum absolute atomic E-state index is 0.114. The van der Waals surface area contributed by atoms with Crippen LogP contribution in [0.5, 0.6) is 0 Å². The van der Waals surface area contributed by atoms with Gasteiger partial charge in [0, 0.05) is 64.6 Å². The third-order valence-electron chi connectivity index (χ3n) is 4.61. The predicted octanol–water partition coefficient (Wildman–Crippen LogP) is 1.91. The van der Waals surface area contributed by atoms with Gasteiger partial charge < -0.3 is 10.2 Å². The van der Waals surface area contributed by atoms with E-state index in [0.29, 0.717) is 13.0 Å².